The summed E-state index contributed by atoms with van der Waals surface area (Å²) in [7, 11) is 1.53. The van der Waals surface area contributed by atoms with Crippen molar-refractivity contribution < 1.29 is 24.2 Å². The molecule has 2 aromatic rings. The number of aliphatic hydroxyl groups excluding tert-OH is 1. The third-order valence-electron chi connectivity index (χ3n) is 4.39. The second kappa shape index (κ2) is 8.77. The summed E-state index contributed by atoms with van der Waals surface area (Å²) in [5, 5.41) is 13.2. The van der Waals surface area contributed by atoms with Crippen LogP contribution in [0.25, 0.3) is 5.76 Å². The van der Waals surface area contributed by atoms with Crippen LogP contribution in [0, 0.1) is 0 Å². The Kier molecular flexibility index (Phi) is 6.39. The number of ether oxygens (including phenoxy) is 2. The third-order valence-corrected chi connectivity index (χ3v) is 5.63. The molecule has 8 heteroatoms. The van der Waals surface area contributed by atoms with E-state index in [2.05, 4.69) is 0 Å². The first-order valence-corrected chi connectivity index (χ1v) is 9.98. The van der Waals surface area contributed by atoms with Crippen molar-refractivity contribution in [2.75, 3.05) is 26.9 Å². The average molecular weight is 422 g/mol. The fraction of sp³-hybridized carbons (Fsp3) is 0.300. The molecule has 28 heavy (non-hydrogen) atoms. The van der Waals surface area contributed by atoms with Gasteiger partial charge in [-0.1, -0.05) is 17.7 Å². The zero-order valence-corrected chi connectivity index (χ0v) is 17.0. The Bertz CT molecular complexity index is 909. The van der Waals surface area contributed by atoms with E-state index in [0.717, 1.165) is 4.88 Å². The van der Waals surface area contributed by atoms with Crippen molar-refractivity contribution >= 4 is 40.4 Å². The lowest BCUT2D eigenvalue weighted by Crippen LogP contribution is -2.32. The number of carbonyl (C=O) groups excluding carboxylic acids is 2. The highest BCUT2D eigenvalue weighted by Gasteiger charge is 2.46. The molecule has 3 rings (SSSR count). The van der Waals surface area contributed by atoms with Gasteiger partial charge in [0.05, 0.1) is 29.9 Å². The van der Waals surface area contributed by atoms with E-state index < -0.39 is 17.7 Å². The maximum Gasteiger partial charge on any atom is 0.295 e. The van der Waals surface area contributed by atoms with Crippen molar-refractivity contribution in [2.45, 2.75) is 13.0 Å². The highest BCUT2D eigenvalue weighted by Crippen LogP contribution is 2.41. The van der Waals surface area contributed by atoms with Crippen molar-refractivity contribution in [1.29, 1.82) is 0 Å². The van der Waals surface area contributed by atoms with Gasteiger partial charge in [-0.3, -0.25) is 9.59 Å². The minimum Gasteiger partial charge on any atom is -0.507 e. The molecule has 1 unspecified atom stereocenters. The largest absolute Gasteiger partial charge is 0.507 e. The van der Waals surface area contributed by atoms with Gasteiger partial charge < -0.3 is 19.5 Å². The van der Waals surface area contributed by atoms with Gasteiger partial charge in [0.15, 0.2) is 0 Å². The molecule has 6 nitrogen and oxygen atoms in total. The smallest absolute Gasteiger partial charge is 0.295 e. The Labute approximate surface area is 171 Å². The summed E-state index contributed by atoms with van der Waals surface area (Å²) in [5.41, 5.74) is 0.410. The van der Waals surface area contributed by atoms with Crippen LogP contribution >= 0.6 is 22.9 Å². The van der Waals surface area contributed by atoms with Gasteiger partial charge in [-0.25, -0.2) is 0 Å². The summed E-state index contributed by atoms with van der Waals surface area (Å²) in [6.07, 6.45) is 0. The van der Waals surface area contributed by atoms with Crippen molar-refractivity contribution in [3.8, 4) is 5.75 Å². The van der Waals surface area contributed by atoms with Crippen LogP contribution < -0.4 is 4.74 Å². The van der Waals surface area contributed by atoms with Crippen LogP contribution in [-0.2, 0) is 14.3 Å². The summed E-state index contributed by atoms with van der Waals surface area (Å²) in [4.78, 5) is 27.6. The molecule has 1 N–H and O–H groups in total. The van der Waals surface area contributed by atoms with Crippen LogP contribution in [-0.4, -0.2) is 48.6 Å². The number of nitrogens with zero attached hydrogens (tertiary/aromatic N) is 1. The second-order valence-electron chi connectivity index (χ2n) is 6.08. The van der Waals surface area contributed by atoms with Crippen LogP contribution in [0.3, 0.4) is 0 Å². The van der Waals surface area contributed by atoms with E-state index >= 15 is 0 Å². The SMILES string of the molecule is CCOc1cc(/C(O)=C2/C(=O)C(=O)N(CCOC)C2c2cccs2)ccc1Cl. The Morgan fingerprint density at radius 2 is 2.11 bits per heavy atom. The van der Waals surface area contributed by atoms with Gasteiger partial charge in [0.25, 0.3) is 11.7 Å². The molecule has 1 saturated heterocycles. The van der Waals surface area contributed by atoms with Crippen LogP contribution in [0.15, 0.2) is 41.3 Å². The number of likely N-dealkylation sites (tertiary alicyclic amines) is 1. The number of halogens is 1. The van der Waals surface area contributed by atoms with Crippen molar-refractivity contribution in [1.82, 2.24) is 4.90 Å². The maximum atomic E-state index is 12.8. The molecular weight excluding hydrogens is 402 g/mol. The highest BCUT2D eigenvalue weighted by atomic mass is 35.5. The minimum absolute atomic E-state index is 0.0494. The fourth-order valence-electron chi connectivity index (χ4n) is 3.12. The van der Waals surface area contributed by atoms with Gasteiger partial charge in [0, 0.05) is 24.1 Å². The first-order valence-electron chi connectivity index (χ1n) is 8.73. The zero-order chi connectivity index (χ0) is 20.3. The summed E-state index contributed by atoms with van der Waals surface area (Å²) < 4.78 is 10.5. The summed E-state index contributed by atoms with van der Waals surface area (Å²) >= 11 is 7.53. The standard InChI is InChI=1S/C20H20ClNO5S/c1-3-27-14-11-12(6-7-13(14)21)18(23)16-17(15-5-4-10-28-15)22(8-9-26-2)20(25)19(16)24/h4-7,10-11,17,23H,3,8-9H2,1-2H3/b18-16-. The summed E-state index contributed by atoms with van der Waals surface area (Å²) in [6.45, 7) is 2.75. The molecule has 0 saturated carbocycles. The molecule has 1 aromatic heterocycles. The van der Waals surface area contributed by atoms with Crippen LogP contribution in [0.2, 0.25) is 5.02 Å². The Morgan fingerprint density at radius 3 is 2.75 bits per heavy atom. The average Bonchev–Trinajstić information content (AvgIpc) is 3.29. The number of hydrogen-bond donors (Lipinski definition) is 1. The molecule has 0 aliphatic carbocycles. The minimum atomic E-state index is -0.722. The van der Waals surface area contributed by atoms with Crippen LogP contribution in [0.5, 0.6) is 5.75 Å². The number of hydrogen-bond acceptors (Lipinski definition) is 6. The van der Waals surface area contributed by atoms with E-state index in [9.17, 15) is 14.7 Å². The lowest BCUT2D eigenvalue weighted by Gasteiger charge is -2.23. The molecule has 1 aliphatic heterocycles. The molecule has 1 aliphatic rings. The van der Waals surface area contributed by atoms with Gasteiger partial charge in [-0.2, -0.15) is 0 Å². The Morgan fingerprint density at radius 1 is 1.32 bits per heavy atom. The Balaban J connectivity index is 2.12. The first kappa shape index (κ1) is 20.4. The van der Waals surface area contributed by atoms with Crippen molar-refractivity contribution in [3.05, 3.63) is 56.7 Å². The number of benzene rings is 1. The van der Waals surface area contributed by atoms with E-state index in [1.807, 2.05) is 24.4 Å². The lowest BCUT2D eigenvalue weighted by molar-refractivity contribution is -0.140. The van der Waals surface area contributed by atoms with E-state index in [4.69, 9.17) is 21.1 Å². The van der Waals surface area contributed by atoms with Gasteiger partial charge in [-0.15, -0.1) is 11.3 Å². The molecular formula is C20H20ClNO5S. The molecule has 1 aromatic carbocycles. The number of carbonyl (C=O) groups is 2. The quantitative estimate of drug-likeness (QED) is 0.417. The van der Waals surface area contributed by atoms with E-state index in [0.29, 0.717) is 22.9 Å². The van der Waals surface area contributed by atoms with Crippen LogP contribution in [0.4, 0.5) is 0 Å². The van der Waals surface area contributed by atoms with Gasteiger partial charge in [0.1, 0.15) is 11.5 Å². The number of amides is 1. The van der Waals surface area contributed by atoms with Gasteiger partial charge >= 0.3 is 0 Å². The number of thiophene rings is 1. The fourth-order valence-corrected chi connectivity index (χ4v) is 4.13. The number of rotatable bonds is 7. The monoisotopic (exact) mass is 421 g/mol. The zero-order valence-electron chi connectivity index (χ0n) is 15.5. The normalized spacial score (nSPS) is 18.7. The van der Waals surface area contributed by atoms with E-state index in [1.165, 1.54) is 23.3 Å². The van der Waals surface area contributed by atoms with Crippen LogP contribution in [0.1, 0.15) is 23.4 Å². The highest BCUT2D eigenvalue weighted by molar-refractivity contribution is 7.10. The number of methoxy groups -OCH3 is 1. The number of ketones is 1. The lowest BCUT2D eigenvalue weighted by atomic mass is 9.99. The van der Waals surface area contributed by atoms with E-state index in [1.54, 1.807) is 18.2 Å². The summed E-state index contributed by atoms with van der Waals surface area (Å²) in [5.74, 6) is -1.24. The molecule has 1 fully saturated rings. The predicted octanol–water partition coefficient (Wildman–Crippen LogP) is 3.87. The maximum absolute atomic E-state index is 12.8. The van der Waals surface area contributed by atoms with Crippen molar-refractivity contribution in [3.63, 3.8) is 0 Å². The third kappa shape index (κ3) is 3.78. The van der Waals surface area contributed by atoms with Crippen molar-refractivity contribution in [2.24, 2.45) is 0 Å². The number of aliphatic hydroxyl groups is 1. The topological polar surface area (TPSA) is 76.1 Å². The molecule has 148 valence electrons. The van der Waals surface area contributed by atoms with Gasteiger partial charge in [-0.05, 0) is 36.6 Å². The molecule has 1 atom stereocenters. The Hall–Kier alpha value is -2.35. The first-order chi connectivity index (χ1) is 13.5. The number of Topliss-reactive ketones (excluding diaryl/α,β-unsaturated/α-hetero) is 1. The predicted molar refractivity (Wildman–Crippen MR) is 108 cm³/mol. The summed E-state index contributed by atoms with van der Waals surface area (Å²) in [6, 6.07) is 7.75. The molecule has 0 bridgehead atoms. The van der Waals surface area contributed by atoms with Gasteiger partial charge in [0.2, 0.25) is 0 Å². The second-order valence-corrected chi connectivity index (χ2v) is 7.47. The molecule has 0 radical (unpaired) electrons. The molecule has 1 amide bonds. The molecule has 0 spiro atoms. The van der Waals surface area contributed by atoms with E-state index in [-0.39, 0.29) is 24.5 Å². The molecule has 2 heterocycles.